The van der Waals surface area contributed by atoms with Gasteiger partial charge in [-0.3, -0.25) is 4.79 Å². The fraction of sp³-hybridized carbons (Fsp3) is 0.263. The minimum atomic E-state index is -0.239. The molecular weight excluding hydrogens is 340 g/mol. The number of hydrogen-bond donors (Lipinski definition) is 0. The molecule has 0 bridgehead atoms. The number of amides is 1. The number of halogens is 1. The summed E-state index contributed by atoms with van der Waals surface area (Å²) >= 11 is 7.44. The Hall–Kier alpha value is -1.91. The largest absolute Gasteiger partial charge is 0.316 e. The zero-order valence-electron chi connectivity index (χ0n) is 14.0. The van der Waals surface area contributed by atoms with Gasteiger partial charge in [-0.15, -0.1) is 0 Å². The maximum atomic E-state index is 12.5. The summed E-state index contributed by atoms with van der Waals surface area (Å²) in [6.07, 6.45) is 0.987. The average Bonchev–Trinajstić information content (AvgIpc) is 2.86. The molecule has 0 unspecified atom stereocenters. The normalized spacial score (nSPS) is 12.1. The van der Waals surface area contributed by atoms with Crippen LogP contribution >= 0.6 is 22.9 Å². The number of benzene rings is 2. The van der Waals surface area contributed by atoms with Crippen molar-refractivity contribution in [3.05, 3.63) is 62.9 Å². The first-order valence-corrected chi connectivity index (χ1v) is 9.14. The molecule has 1 aromatic heterocycles. The average molecular weight is 359 g/mol. The van der Waals surface area contributed by atoms with Crippen molar-refractivity contribution in [3.63, 3.8) is 0 Å². The number of nitrogens with zero attached hydrogens (tertiary/aromatic N) is 2. The van der Waals surface area contributed by atoms with E-state index in [1.54, 1.807) is 35.6 Å². The van der Waals surface area contributed by atoms with Gasteiger partial charge in [0.05, 0.1) is 10.2 Å². The second kappa shape index (κ2) is 6.91. The molecule has 24 heavy (non-hydrogen) atoms. The molecule has 1 heterocycles. The van der Waals surface area contributed by atoms with Crippen molar-refractivity contribution in [2.24, 2.45) is 4.99 Å². The van der Waals surface area contributed by atoms with Crippen LogP contribution in [-0.4, -0.2) is 10.5 Å². The monoisotopic (exact) mass is 358 g/mol. The Morgan fingerprint density at radius 1 is 1.17 bits per heavy atom. The lowest BCUT2D eigenvalue weighted by Crippen LogP contribution is -2.16. The summed E-state index contributed by atoms with van der Waals surface area (Å²) < 4.78 is 3.30. The second-order valence-corrected chi connectivity index (χ2v) is 7.31. The Kier molecular flexibility index (Phi) is 4.88. The molecule has 0 saturated carbocycles. The zero-order valence-corrected chi connectivity index (χ0v) is 15.5. The highest BCUT2D eigenvalue weighted by Gasteiger charge is 2.10. The summed E-state index contributed by atoms with van der Waals surface area (Å²) in [4.78, 5) is 17.6. The van der Waals surface area contributed by atoms with Crippen molar-refractivity contribution in [3.8, 4) is 0 Å². The third-order valence-electron chi connectivity index (χ3n) is 4.03. The van der Waals surface area contributed by atoms with E-state index in [0.29, 0.717) is 10.6 Å². The summed E-state index contributed by atoms with van der Waals surface area (Å²) in [6.45, 7) is 7.18. The van der Waals surface area contributed by atoms with Crippen LogP contribution in [0.2, 0.25) is 5.02 Å². The molecule has 124 valence electrons. The number of hydrogen-bond acceptors (Lipinski definition) is 2. The van der Waals surface area contributed by atoms with Gasteiger partial charge in [-0.25, -0.2) is 0 Å². The lowest BCUT2D eigenvalue weighted by molar-refractivity contribution is 0.0998. The molecule has 5 heteroatoms. The molecule has 3 rings (SSSR count). The van der Waals surface area contributed by atoms with Gasteiger partial charge in [-0.2, -0.15) is 4.99 Å². The molecule has 0 aliphatic heterocycles. The fourth-order valence-corrected chi connectivity index (χ4v) is 3.85. The molecule has 0 N–H and O–H groups in total. The molecule has 1 amide bonds. The Balaban J connectivity index is 2.15. The zero-order chi connectivity index (χ0) is 17.3. The van der Waals surface area contributed by atoms with Gasteiger partial charge in [-0.1, -0.05) is 29.9 Å². The minimum absolute atomic E-state index is 0.239. The van der Waals surface area contributed by atoms with E-state index >= 15 is 0 Å². The molecular formula is C19H19ClN2OS. The van der Waals surface area contributed by atoms with Crippen LogP contribution in [-0.2, 0) is 6.54 Å². The lowest BCUT2D eigenvalue weighted by Gasteiger charge is -2.05. The Bertz CT molecular complexity index is 967. The van der Waals surface area contributed by atoms with Crippen molar-refractivity contribution in [1.29, 1.82) is 0 Å². The fourth-order valence-electron chi connectivity index (χ4n) is 2.59. The third-order valence-corrected chi connectivity index (χ3v) is 5.33. The van der Waals surface area contributed by atoms with E-state index in [-0.39, 0.29) is 5.91 Å². The number of carbonyl (C=O) groups is 1. The van der Waals surface area contributed by atoms with Crippen molar-refractivity contribution in [1.82, 2.24) is 4.57 Å². The number of carbonyl (C=O) groups excluding carboxylic acids is 1. The van der Waals surface area contributed by atoms with Gasteiger partial charge in [0.2, 0.25) is 0 Å². The van der Waals surface area contributed by atoms with E-state index in [4.69, 9.17) is 11.6 Å². The van der Waals surface area contributed by atoms with Crippen LogP contribution in [0.25, 0.3) is 10.2 Å². The van der Waals surface area contributed by atoms with Gasteiger partial charge in [0.1, 0.15) is 0 Å². The predicted octanol–water partition coefficient (Wildman–Crippen LogP) is 5.12. The molecule has 0 radical (unpaired) electrons. The van der Waals surface area contributed by atoms with Crippen LogP contribution in [0.15, 0.2) is 41.4 Å². The van der Waals surface area contributed by atoms with E-state index in [2.05, 4.69) is 42.5 Å². The summed E-state index contributed by atoms with van der Waals surface area (Å²) in [5, 5.41) is 0.611. The van der Waals surface area contributed by atoms with Crippen LogP contribution in [0.5, 0.6) is 0 Å². The summed E-state index contributed by atoms with van der Waals surface area (Å²) in [7, 11) is 0. The van der Waals surface area contributed by atoms with Crippen molar-refractivity contribution < 1.29 is 4.79 Å². The van der Waals surface area contributed by atoms with Crippen LogP contribution in [0.4, 0.5) is 0 Å². The van der Waals surface area contributed by atoms with Gasteiger partial charge in [0, 0.05) is 17.1 Å². The highest BCUT2D eigenvalue weighted by atomic mass is 35.5. The van der Waals surface area contributed by atoms with Gasteiger partial charge in [0.15, 0.2) is 4.80 Å². The van der Waals surface area contributed by atoms with Crippen LogP contribution < -0.4 is 4.80 Å². The first-order chi connectivity index (χ1) is 11.5. The molecule has 3 nitrogen and oxygen atoms in total. The van der Waals surface area contributed by atoms with Crippen LogP contribution in [0.3, 0.4) is 0 Å². The van der Waals surface area contributed by atoms with Crippen molar-refractivity contribution in [2.75, 3.05) is 0 Å². The van der Waals surface area contributed by atoms with Gasteiger partial charge < -0.3 is 4.57 Å². The number of aryl methyl sites for hydroxylation is 3. The Labute approximate surface area is 150 Å². The van der Waals surface area contributed by atoms with Crippen LogP contribution in [0.1, 0.15) is 34.8 Å². The predicted molar refractivity (Wildman–Crippen MR) is 101 cm³/mol. The number of fused-ring (bicyclic) bond motifs is 1. The number of rotatable bonds is 3. The molecule has 0 saturated heterocycles. The van der Waals surface area contributed by atoms with Crippen molar-refractivity contribution in [2.45, 2.75) is 33.7 Å². The summed E-state index contributed by atoms with van der Waals surface area (Å²) in [6, 6.07) is 11.2. The SMILES string of the molecule is CCCn1c(=NC(=O)c2ccc(Cl)cc2)sc2cc(C)c(C)cc21. The maximum absolute atomic E-state index is 12.5. The minimum Gasteiger partial charge on any atom is -0.316 e. The molecule has 0 atom stereocenters. The topological polar surface area (TPSA) is 34.4 Å². The van der Waals surface area contributed by atoms with Gasteiger partial charge >= 0.3 is 0 Å². The Morgan fingerprint density at radius 3 is 2.50 bits per heavy atom. The van der Waals surface area contributed by atoms with Gasteiger partial charge in [-0.05, 0) is 67.8 Å². The van der Waals surface area contributed by atoms with E-state index < -0.39 is 0 Å². The quantitative estimate of drug-likeness (QED) is 0.639. The standard InChI is InChI=1S/C19H19ClN2OS/c1-4-9-22-16-10-12(2)13(3)11-17(16)24-19(22)21-18(23)14-5-7-15(20)8-6-14/h5-8,10-11H,4,9H2,1-3H3. The second-order valence-electron chi connectivity index (χ2n) is 5.86. The molecule has 2 aromatic carbocycles. The molecule has 0 aliphatic rings. The molecule has 3 aromatic rings. The summed E-state index contributed by atoms with van der Waals surface area (Å²) in [5.74, 6) is -0.239. The Morgan fingerprint density at radius 2 is 1.83 bits per heavy atom. The van der Waals surface area contributed by atoms with Crippen LogP contribution in [0, 0.1) is 13.8 Å². The number of aromatic nitrogens is 1. The highest BCUT2D eigenvalue weighted by molar-refractivity contribution is 7.16. The molecule has 0 spiro atoms. The first-order valence-electron chi connectivity index (χ1n) is 7.95. The van der Waals surface area contributed by atoms with Crippen molar-refractivity contribution >= 4 is 39.1 Å². The van der Waals surface area contributed by atoms with E-state index in [0.717, 1.165) is 28.0 Å². The third kappa shape index (κ3) is 3.30. The highest BCUT2D eigenvalue weighted by Crippen LogP contribution is 2.22. The van der Waals surface area contributed by atoms with E-state index in [1.165, 1.54) is 11.1 Å². The maximum Gasteiger partial charge on any atom is 0.279 e. The van der Waals surface area contributed by atoms with Gasteiger partial charge in [0.25, 0.3) is 5.91 Å². The van der Waals surface area contributed by atoms with E-state index in [9.17, 15) is 4.79 Å². The lowest BCUT2D eigenvalue weighted by atomic mass is 10.1. The molecule has 0 fully saturated rings. The van der Waals surface area contributed by atoms with E-state index in [1.807, 2.05) is 0 Å². The molecule has 0 aliphatic carbocycles. The summed E-state index contributed by atoms with van der Waals surface area (Å²) in [5.41, 5.74) is 4.20. The first kappa shape index (κ1) is 16.9. The number of thiazole rings is 1. The smallest absolute Gasteiger partial charge is 0.279 e.